The second-order valence-corrected chi connectivity index (χ2v) is 18.6. The van der Waals surface area contributed by atoms with Gasteiger partial charge in [0.15, 0.2) is 6.10 Å². The number of rotatable bonds is 37. The molecule has 0 heterocycles. The smallest absolute Gasteiger partial charge is 0.306 e. The summed E-state index contributed by atoms with van der Waals surface area (Å²) in [6, 6.07) is 0. The number of likely N-dealkylation sites (N-methyl/N-ethyl adjacent to an activating group) is 1. The van der Waals surface area contributed by atoms with E-state index in [4.69, 9.17) is 18.5 Å². The van der Waals surface area contributed by atoms with Crippen LogP contribution in [0, 0.1) is 11.8 Å². The summed E-state index contributed by atoms with van der Waals surface area (Å²) < 4.78 is 33.8. The number of carbonyl (C=O) groups is 3. The molecule has 1 unspecified atom stereocenters. The van der Waals surface area contributed by atoms with Crippen molar-refractivity contribution in [1.29, 1.82) is 0 Å². The number of aliphatic hydroxyl groups excluding tert-OH is 2. The summed E-state index contributed by atoms with van der Waals surface area (Å²) in [5, 5.41) is 20.8. The summed E-state index contributed by atoms with van der Waals surface area (Å²) in [6.45, 7) is 3.63. The number of phosphoric ester groups is 1. The predicted molar refractivity (Wildman–Crippen MR) is 250 cm³/mol. The average molecular weight is 904 g/mol. The Labute approximate surface area is 380 Å². The lowest BCUT2D eigenvalue weighted by Gasteiger charge is -2.28. The van der Waals surface area contributed by atoms with Gasteiger partial charge in [-0.1, -0.05) is 125 Å². The molecule has 12 nitrogen and oxygen atoms in total. The molecule has 0 bridgehead atoms. The number of aliphatic hydroxyl groups is 2. The number of hydrogen-bond acceptors (Lipinski definition) is 11. The molecule has 1 fully saturated rings. The van der Waals surface area contributed by atoms with Gasteiger partial charge in [-0.25, -0.2) is 0 Å². The zero-order chi connectivity index (χ0) is 46.6. The van der Waals surface area contributed by atoms with Crippen LogP contribution in [0.3, 0.4) is 0 Å². The van der Waals surface area contributed by atoms with Crippen molar-refractivity contribution in [3.05, 3.63) is 85.1 Å². The highest BCUT2D eigenvalue weighted by Crippen LogP contribution is 2.38. The maximum atomic E-state index is 12.8. The number of ketones is 1. The van der Waals surface area contributed by atoms with Crippen LogP contribution in [0.15, 0.2) is 85.1 Å². The van der Waals surface area contributed by atoms with Gasteiger partial charge in [0, 0.05) is 31.1 Å². The third-order valence-corrected chi connectivity index (χ3v) is 11.2. The lowest BCUT2D eigenvalue weighted by molar-refractivity contribution is -0.870. The highest BCUT2D eigenvalue weighted by Gasteiger charge is 2.39. The summed E-state index contributed by atoms with van der Waals surface area (Å²) in [4.78, 5) is 50.4. The van der Waals surface area contributed by atoms with Gasteiger partial charge < -0.3 is 38.1 Å². The van der Waals surface area contributed by atoms with Gasteiger partial charge in [-0.15, -0.1) is 0 Å². The Hall–Kier alpha value is -3.22. The molecule has 358 valence electrons. The number of carbonyl (C=O) groups excluding carboxylic acids is 3. The maximum Gasteiger partial charge on any atom is 0.306 e. The third-order valence-electron chi connectivity index (χ3n) is 10.3. The number of allylic oxidation sites excluding steroid dienone is 13. The van der Waals surface area contributed by atoms with Crippen LogP contribution >= 0.6 is 7.82 Å². The van der Waals surface area contributed by atoms with Crippen LogP contribution in [0.5, 0.6) is 0 Å². The summed E-state index contributed by atoms with van der Waals surface area (Å²) in [5.74, 6) is -1.86. The average Bonchev–Trinajstić information content (AvgIpc) is 3.50. The molecular formula is C50H82NO11P. The summed E-state index contributed by atoms with van der Waals surface area (Å²) in [5.41, 5.74) is 0. The van der Waals surface area contributed by atoms with Crippen molar-refractivity contribution in [2.24, 2.45) is 11.8 Å². The number of ether oxygens (including phenoxy) is 2. The Kier molecular flexibility index (Phi) is 33.1. The number of hydrogen-bond donors (Lipinski definition) is 2. The van der Waals surface area contributed by atoms with Crippen LogP contribution in [0.4, 0.5) is 0 Å². The Morgan fingerprint density at radius 1 is 0.778 bits per heavy atom. The topological polar surface area (TPSA) is 169 Å². The largest absolute Gasteiger partial charge is 0.756 e. The van der Waals surface area contributed by atoms with Gasteiger partial charge in [0.05, 0.1) is 40.0 Å². The molecule has 0 aliphatic heterocycles. The molecule has 6 atom stereocenters. The van der Waals surface area contributed by atoms with Crippen LogP contribution in [0.1, 0.15) is 136 Å². The van der Waals surface area contributed by atoms with E-state index >= 15 is 0 Å². The van der Waals surface area contributed by atoms with Gasteiger partial charge in [-0.05, 0) is 77.0 Å². The van der Waals surface area contributed by atoms with Gasteiger partial charge in [0.1, 0.15) is 25.5 Å². The van der Waals surface area contributed by atoms with E-state index in [-0.39, 0.29) is 44.2 Å². The first-order valence-corrected chi connectivity index (χ1v) is 24.9. The second-order valence-electron chi connectivity index (χ2n) is 17.2. The van der Waals surface area contributed by atoms with E-state index in [1.54, 1.807) is 12.2 Å². The number of nitrogens with zero attached hydrogens (tertiary/aromatic N) is 1. The summed E-state index contributed by atoms with van der Waals surface area (Å²) >= 11 is 0. The molecule has 0 aromatic rings. The van der Waals surface area contributed by atoms with Crippen LogP contribution in [-0.2, 0) is 37.5 Å². The molecule has 13 heteroatoms. The maximum absolute atomic E-state index is 12.8. The van der Waals surface area contributed by atoms with Gasteiger partial charge in [0.2, 0.25) is 0 Å². The zero-order valence-corrected chi connectivity index (χ0v) is 40.1. The van der Waals surface area contributed by atoms with E-state index in [0.717, 1.165) is 70.6 Å². The second kappa shape index (κ2) is 36.1. The lowest BCUT2D eigenvalue weighted by atomic mass is 9.90. The van der Waals surface area contributed by atoms with E-state index in [2.05, 4.69) is 74.6 Å². The molecule has 0 radical (unpaired) electrons. The number of esters is 2. The molecule has 1 aliphatic rings. The normalized spacial score (nSPS) is 19.6. The molecular weight excluding hydrogens is 822 g/mol. The van der Waals surface area contributed by atoms with Crippen molar-refractivity contribution >= 4 is 25.5 Å². The third kappa shape index (κ3) is 33.0. The predicted octanol–water partition coefficient (Wildman–Crippen LogP) is 9.53. The van der Waals surface area contributed by atoms with Crippen molar-refractivity contribution in [2.75, 3.05) is 47.5 Å². The first-order chi connectivity index (χ1) is 30.2. The van der Waals surface area contributed by atoms with Crippen molar-refractivity contribution in [3.63, 3.8) is 0 Å². The van der Waals surface area contributed by atoms with Crippen LogP contribution in [0.2, 0.25) is 0 Å². The molecule has 63 heavy (non-hydrogen) atoms. The quantitative estimate of drug-likeness (QED) is 0.0200. The monoisotopic (exact) mass is 904 g/mol. The van der Waals surface area contributed by atoms with Crippen molar-refractivity contribution < 1.29 is 57.1 Å². The Morgan fingerprint density at radius 2 is 1.38 bits per heavy atom. The Balaban J connectivity index is 2.51. The first kappa shape index (κ1) is 57.8. The number of unbranched alkanes of at least 4 members (excludes halogenated alkanes) is 6. The first-order valence-electron chi connectivity index (χ1n) is 23.4. The van der Waals surface area contributed by atoms with Crippen molar-refractivity contribution in [2.45, 2.75) is 154 Å². The van der Waals surface area contributed by atoms with Gasteiger partial charge in [-0.2, -0.15) is 0 Å². The molecule has 0 amide bonds. The fourth-order valence-corrected chi connectivity index (χ4v) is 7.27. The molecule has 2 N–H and O–H groups in total. The van der Waals surface area contributed by atoms with Crippen LogP contribution in [0.25, 0.3) is 0 Å². The van der Waals surface area contributed by atoms with Crippen LogP contribution in [-0.4, -0.2) is 98.2 Å². The minimum Gasteiger partial charge on any atom is -0.756 e. The van der Waals surface area contributed by atoms with Gasteiger partial charge in [-0.3, -0.25) is 18.9 Å². The molecule has 1 rings (SSSR count). The van der Waals surface area contributed by atoms with E-state index in [9.17, 15) is 34.1 Å². The Morgan fingerprint density at radius 3 is 2.02 bits per heavy atom. The molecule has 1 aliphatic carbocycles. The van der Waals surface area contributed by atoms with E-state index in [1.165, 1.54) is 0 Å². The highest BCUT2D eigenvalue weighted by atomic mass is 31.2. The molecule has 0 saturated heterocycles. The molecule has 1 saturated carbocycles. The van der Waals surface area contributed by atoms with Gasteiger partial charge in [0.25, 0.3) is 7.82 Å². The molecule has 0 spiro atoms. The van der Waals surface area contributed by atoms with Crippen molar-refractivity contribution in [3.8, 4) is 0 Å². The van der Waals surface area contributed by atoms with E-state index in [0.29, 0.717) is 43.1 Å². The summed E-state index contributed by atoms with van der Waals surface area (Å²) in [6.07, 6.45) is 39.8. The number of quaternary nitrogens is 1. The van der Waals surface area contributed by atoms with E-state index < -0.39 is 50.6 Å². The molecule has 0 aromatic carbocycles. The van der Waals surface area contributed by atoms with Crippen molar-refractivity contribution in [1.82, 2.24) is 0 Å². The fraction of sp³-hybridized carbons (Fsp3) is 0.660. The lowest BCUT2D eigenvalue weighted by Crippen LogP contribution is -2.37. The molecule has 0 aromatic heterocycles. The van der Waals surface area contributed by atoms with Gasteiger partial charge >= 0.3 is 11.9 Å². The number of Topliss-reactive ketones (excluding diaryl/α,β-unsaturated/α-hetero) is 1. The number of phosphoric acid groups is 1. The summed E-state index contributed by atoms with van der Waals surface area (Å²) in [7, 11) is 0.967. The van der Waals surface area contributed by atoms with Crippen LogP contribution < -0.4 is 4.89 Å². The SMILES string of the molecule is CC/C=C\C/C=C\C/C=C\C/C=C\C/C=C\CCCCCC(=O)OC[C@H](COP(=O)([O-])OCC[N+](C)(C)C)OC(=O)CCC/C=C\C[C@H]1[C@@H](O)CC(=O)[C@@H]1/C=C/[C@@H](O)CCCCC. The highest BCUT2D eigenvalue weighted by molar-refractivity contribution is 7.45. The van der Waals surface area contributed by atoms with E-state index in [1.807, 2.05) is 33.3 Å². The Bertz CT molecular complexity index is 1510. The zero-order valence-electron chi connectivity index (χ0n) is 39.2. The standard InChI is InChI=1S/C50H82NO11P/c1-6-8-10-11-12-13-14-15-16-17-18-19-20-21-22-23-24-25-30-34-49(55)59-41-44(42-61-63(57,58)60-39-38-51(3,4)5)62-50(56)35-31-27-26-29-33-45-46(48(54)40-47(45)53)37-36-43(52)32-28-9-7-2/h8,10,12-13,15-16,18-19,21-22,26,29,36-37,43-47,52-53H,6-7,9,11,14,17,20,23-25,27-28,30-35,38-42H2,1-5H3/b10-8-,13-12-,16-15-,19-18-,22-21-,29-26-,37-36+/t43-,44+,45+,46+,47-/m0/s1. The fourth-order valence-electron chi connectivity index (χ4n) is 6.54. The minimum atomic E-state index is -4.72. The minimum absolute atomic E-state index is 0.0214.